The fraction of sp³-hybridized carbons (Fsp3) is 0.323. The molecular formula is C31H36N2O7. The van der Waals surface area contributed by atoms with E-state index in [1.54, 1.807) is 42.5 Å². The van der Waals surface area contributed by atoms with Crippen LogP contribution in [-0.4, -0.2) is 59.2 Å². The van der Waals surface area contributed by atoms with Gasteiger partial charge < -0.3 is 34.4 Å². The van der Waals surface area contributed by atoms with E-state index >= 15 is 0 Å². The molecule has 1 aliphatic heterocycles. The summed E-state index contributed by atoms with van der Waals surface area (Å²) in [6, 6.07) is 21.4. The number of phenolic OH excluding ortho intramolecular Hbond substituents is 1. The summed E-state index contributed by atoms with van der Waals surface area (Å²) in [7, 11) is 1.91. The summed E-state index contributed by atoms with van der Waals surface area (Å²) in [4.78, 5) is 14.0. The van der Waals surface area contributed by atoms with Crippen LogP contribution in [-0.2, 0) is 20.8 Å². The minimum atomic E-state index is -0.779. The van der Waals surface area contributed by atoms with Crippen LogP contribution in [0.2, 0.25) is 0 Å². The summed E-state index contributed by atoms with van der Waals surface area (Å²) < 4.78 is 17.8. The first kappa shape index (κ1) is 29.3. The van der Waals surface area contributed by atoms with Gasteiger partial charge in [0.1, 0.15) is 12.4 Å². The molecule has 1 fully saturated rings. The smallest absolute Gasteiger partial charge is 0.411 e. The van der Waals surface area contributed by atoms with Crippen molar-refractivity contribution in [1.82, 2.24) is 4.90 Å². The number of carbonyl (C=O) groups excluding carboxylic acids is 1. The maximum Gasteiger partial charge on any atom is 0.411 e. The van der Waals surface area contributed by atoms with Gasteiger partial charge in [-0.2, -0.15) is 0 Å². The van der Waals surface area contributed by atoms with Gasteiger partial charge in [0.05, 0.1) is 24.9 Å². The number of carbonyl (C=O) groups is 1. The van der Waals surface area contributed by atoms with Crippen molar-refractivity contribution in [3.05, 3.63) is 108 Å². The first-order valence-electron chi connectivity index (χ1n) is 13.2. The minimum absolute atomic E-state index is 0.0402. The van der Waals surface area contributed by atoms with E-state index in [4.69, 9.17) is 14.2 Å². The van der Waals surface area contributed by atoms with Gasteiger partial charge in [-0.3, -0.25) is 5.32 Å². The van der Waals surface area contributed by atoms with Gasteiger partial charge in [-0.25, -0.2) is 4.79 Å². The molecule has 1 amide bonds. The zero-order valence-corrected chi connectivity index (χ0v) is 22.5. The van der Waals surface area contributed by atoms with Crippen LogP contribution in [0.4, 0.5) is 10.5 Å². The summed E-state index contributed by atoms with van der Waals surface area (Å²) in [5.74, 6) is 0.107. The lowest BCUT2D eigenvalue weighted by Gasteiger charge is -2.38. The quantitative estimate of drug-likeness (QED) is 0.252. The lowest BCUT2D eigenvalue weighted by Crippen LogP contribution is -2.39. The molecule has 1 saturated heterocycles. The third-order valence-corrected chi connectivity index (χ3v) is 6.61. The second kappa shape index (κ2) is 14.1. The van der Waals surface area contributed by atoms with Gasteiger partial charge >= 0.3 is 6.09 Å². The monoisotopic (exact) mass is 548 g/mol. The molecular weight excluding hydrogens is 512 g/mol. The van der Waals surface area contributed by atoms with Crippen molar-refractivity contribution in [2.24, 2.45) is 0 Å². The van der Waals surface area contributed by atoms with Gasteiger partial charge in [-0.15, -0.1) is 0 Å². The van der Waals surface area contributed by atoms with E-state index < -0.39 is 18.5 Å². The molecule has 40 heavy (non-hydrogen) atoms. The first-order chi connectivity index (χ1) is 19.3. The highest BCUT2D eigenvalue weighted by Crippen LogP contribution is 2.38. The Kier molecular flexibility index (Phi) is 10.3. The largest absolute Gasteiger partial charge is 0.508 e. The van der Waals surface area contributed by atoms with Gasteiger partial charge in [0.25, 0.3) is 0 Å². The van der Waals surface area contributed by atoms with Gasteiger partial charge in [0, 0.05) is 30.8 Å². The lowest BCUT2D eigenvalue weighted by atomic mass is 9.99. The number of ether oxygens (including phenoxy) is 3. The fourth-order valence-corrected chi connectivity index (χ4v) is 4.64. The van der Waals surface area contributed by atoms with Gasteiger partial charge in [-0.1, -0.05) is 61.2 Å². The van der Waals surface area contributed by atoms with Crippen molar-refractivity contribution >= 4 is 11.8 Å². The Morgan fingerprint density at radius 3 is 2.62 bits per heavy atom. The zero-order chi connectivity index (χ0) is 28.5. The van der Waals surface area contributed by atoms with Crippen LogP contribution in [0, 0.1) is 0 Å². The van der Waals surface area contributed by atoms with Crippen molar-refractivity contribution in [3.8, 4) is 5.75 Å². The molecule has 4 rings (SSSR count). The molecule has 9 nitrogen and oxygen atoms in total. The second-order valence-electron chi connectivity index (χ2n) is 9.82. The molecule has 0 radical (unpaired) electrons. The SMILES string of the molecule is C=CCOC(=O)Nc1cccc([C@H]2O[C@@H](CN(C)C[C@@H](O)c3cccc(O)c3)C[C@@H](c3ccc(CO)cc3)O2)c1. The van der Waals surface area contributed by atoms with E-state index in [2.05, 4.69) is 11.9 Å². The molecule has 0 aliphatic carbocycles. The molecule has 4 N–H and O–H groups in total. The first-order valence-corrected chi connectivity index (χ1v) is 13.2. The van der Waals surface area contributed by atoms with Crippen LogP contribution >= 0.6 is 0 Å². The summed E-state index contributed by atoms with van der Waals surface area (Å²) in [6.07, 6.45) is -0.531. The number of hydrogen-bond donors (Lipinski definition) is 4. The zero-order valence-electron chi connectivity index (χ0n) is 22.5. The molecule has 3 aromatic rings. The Balaban J connectivity index is 1.50. The molecule has 0 bridgehead atoms. The molecule has 0 unspecified atom stereocenters. The van der Waals surface area contributed by atoms with Crippen molar-refractivity contribution in [1.29, 1.82) is 0 Å². The third-order valence-electron chi connectivity index (χ3n) is 6.61. The second-order valence-corrected chi connectivity index (χ2v) is 9.82. The van der Waals surface area contributed by atoms with Crippen LogP contribution in [0.1, 0.15) is 47.2 Å². The summed E-state index contributed by atoms with van der Waals surface area (Å²) in [5, 5.41) is 32.6. The molecule has 0 saturated carbocycles. The van der Waals surface area contributed by atoms with E-state index in [1.165, 1.54) is 6.08 Å². The van der Waals surface area contributed by atoms with Crippen LogP contribution in [0.5, 0.6) is 5.75 Å². The van der Waals surface area contributed by atoms with Crippen molar-refractivity contribution in [3.63, 3.8) is 0 Å². The number of nitrogens with one attached hydrogen (secondary N) is 1. The van der Waals surface area contributed by atoms with E-state index in [0.29, 0.717) is 30.8 Å². The molecule has 4 atom stereocenters. The Morgan fingerprint density at radius 1 is 1.12 bits per heavy atom. The van der Waals surface area contributed by atoms with Crippen molar-refractivity contribution in [2.45, 2.75) is 37.6 Å². The number of aromatic hydroxyl groups is 1. The number of nitrogens with zero attached hydrogens (tertiary/aromatic N) is 1. The number of rotatable bonds is 11. The van der Waals surface area contributed by atoms with Crippen LogP contribution in [0.25, 0.3) is 0 Å². The molecule has 1 aliphatic rings. The summed E-state index contributed by atoms with van der Waals surface area (Å²) >= 11 is 0. The number of likely N-dealkylation sites (N-methyl/N-ethyl adjacent to an activating group) is 1. The highest BCUT2D eigenvalue weighted by molar-refractivity contribution is 5.84. The number of anilines is 1. The number of aliphatic hydroxyl groups excluding tert-OH is 2. The Morgan fingerprint density at radius 2 is 1.90 bits per heavy atom. The highest BCUT2D eigenvalue weighted by Gasteiger charge is 2.33. The van der Waals surface area contributed by atoms with Crippen molar-refractivity contribution < 1.29 is 34.3 Å². The number of hydrogen-bond acceptors (Lipinski definition) is 8. The predicted molar refractivity (Wildman–Crippen MR) is 151 cm³/mol. The third kappa shape index (κ3) is 8.14. The topological polar surface area (TPSA) is 121 Å². The minimum Gasteiger partial charge on any atom is -0.508 e. The average Bonchev–Trinajstić information content (AvgIpc) is 2.96. The Hall–Kier alpha value is -3.73. The van der Waals surface area contributed by atoms with Crippen LogP contribution in [0.3, 0.4) is 0 Å². The maximum absolute atomic E-state index is 12.0. The molecule has 212 valence electrons. The molecule has 0 spiro atoms. The van der Waals surface area contributed by atoms with Crippen molar-refractivity contribution in [2.75, 3.05) is 32.1 Å². The average molecular weight is 549 g/mol. The van der Waals surface area contributed by atoms with E-state index in [0.717, 1.165) is 16.7 Å². The summed E-state index contributed by atoms with van der Waals surface area (Å²) in [6.45, 7) is 4.47. The Labute approximate surface area is 234 Å². The van der Waals surface area contributed by atoms with E-state index in [-0.39, 0.29) is 31.2 Å². The fourth-order valence-electron chi connectivity index (χ4n) is 4.64. The maximum atomic E-state index is 12.0. The van der Waals surface area contributed by atoms with Gasteiger partial charge in [-0.05, 0) is 48.0 Å². The van der Waals surface area contributed by atoms with Gasteiger partial charge in [0.2, 0.25) is 0 Å². The number of amides is 1. The molecule has 1 heterocycles. The number of phenols is 1. The van der Waals surface area contributed by atoms with Crippen LogP contribution < -0.4 is 5.32 Å². The standard InChI is InChI=1S/C31H36N2O7/c1-3-14-38-31(37)32-25-8-4-7-24(15-25)30-39-27(17-29(40-30)22-12-10-21(20-34)11-13-22)18-33(2)19-28(36)23-6-5-9-26(35)16-23/h3-13,15-16,27-30,34-36H,1,14,17-20H2,2H3,(H,32,37)/t27-,28-,29+,30+/m1/s1. The lowest BCUT2D eigenvalue weighted by molar-refractivity contribution is -0.252. The van der Waals surface area contributed by atoms with E-state index in [9.17, 15) is 20.1 Å². The molecule has 0 aromatic heterocycles. The molecule has 9 heteroatoms. The summed E-state index contributed by atoms with van der Waals surface area (Å²) in [5.41, 5.74) is 3.67. The molecule has 3 aromatic carbocycles. The highest BCUT2D eigenvalue weighted by atomic mass is 16.7. The normalized spacial score (nSPS) is 19.6. The predicted octanol–water partition coefficient (Wildman–Crippen LogP) is 4.83. The Bertz CT molecular complexity index is 1270. The van der Waals surface area contributed by atoms with Gasteiger partial charge in [0.15, 0.2) is 6.29 Å². The van der Waals surface area contributed by atoms with E-state index in [1.807, 2.05) is 42.3 Å². The number of aliphatic hydroxyl groups is 2. The van der Waals surface area contributed by atoms with Crippen LogP contribution in [0.15, 0.2) is 85.5 Å². The number of benzene rings is 3.